The Labute approximate surface area is 125 Å². The number of benzene rings is 2. The van der Waals surface area contributed by atoms with Crippen LogP contribution >= 0.6 is 21.4 Å². The van der Waals surface area contributed by atoms with E-state index in [-0.39, 0.29) is 0 Å². The summed E-state index contributed by atoms with van der Waals surface area (Å²) in [6.07, 6.45) is 4.70. The first-order valence-corrected chi connectivity index (χ1v) is 9.98. The van der Waals surface area contributed by atoms with Crippen LogP contribution in [-0.2, 0) is 0 Å². The van der Waals surface area contributed by atoms with Gasteiger partial charge in [-0.1, -0.05) is 30.3 Å². The van der Waals surface area contributed by atoms with Gasteiger partial charge in [0.1, 0.15) is 0 Å². The van der Waals surface area contributed by atoms with Crippen molar-refractivity contribution < 1.29 is 0 Å². The number of fused-ring (bicyclic) bond motifs is 1. The third kappa shape index (κ3) is 2.81. The molecule has 0 aliphatic rings. The minimum absolute atomic E-state index is 0.822. The second-order valence-electron chi connectivity index (χ2n) is 5.21. The number of thiazole rings is 1. The fourth-order valence-corrected chi connectivity index (χ4v) is 4.41. The zero-order valence-corrected chi connectivity index (χ0v) is 13.3. The molecule has 0 aliphatic carbocycles. The Bertz CT molecular complexity index is 705. The van der Waals surface area contributed by atoms with Crippen LogP contribution in [0.15, 0.2) is 58.9 Å². The second-order valence-corrected chi connectivity index (χ2v) is 9.93. The summed E-state index contributed by atoms with van der Waals surface area (Å²) in [5.41, 5.74) is 4.15. The first kappa shape index (κ1) is 13.5. The van der Waals surface area contributed by atoms with E-state index in [4.69, 9.17) is 0 Å². The molecule has 2 nitrogen and oxygen atoms in total. The number of hydrogen-bond acceptors (Lipinski definition) is 3. The molecule has 0 unspecified atom stereocenters. The predicted molar refractivity (Wildman–Crippen MR) is 92.3 cm³/mol. The van der Waals surface area contributed by atoms with Crippen LogP contribution in [0.2, 0.25) is 0 Å². The van der Waals surface area contributed by atoms with Crippen molar-refractivity contribution in [2.45, 2.75) is 4.90 Å². The van der Waals surface area contributed by atoms with Crippen molar-refractivity contribution in [3.63, 3.8) is 0 Å². The zero-order valence-electron chi connectivity index (χ0n) is 11.7. The first-order chi connectivity index (χ1) is 9.65. The molecular formula is C16H18N2S2. The SMILES string of the molecule is CS(C)(CNc1ccc2ncsc2c1)c1ccccc1. The van der Waals surface area contributed by atoms with E-state index in [9.17, 15) is 0 Å². The summed E-state index contributed by atoms with van der Waals surface area (Å²) < 4.78 is 1.24. The predicted octanol–water partition coefficient (Wildman–Crippen LogP) is 4.79. The molecule has 104 valence electrons. The number of anilines is 1. The number of hydrogen-bond donors (Lipinski definition) is 1. The van der Waals surface area contributed by atoms with Gasteiger partial charge < -0.3 is 5.32 Å². The Hall–Kier alpha value is -1.52. The van der Waals surface area contributed by atoms with E-state index in [0.717, 1.165) is 11.4 Å². The molecule has 3 rings (SSSR count). The molecule has 2 aromatic carbocycles. The van der Waals surface area contributed by atoms with Crippen molar-refractivity contribution in [2.24, 2.45) is 0 Å². The topological polar surface area (TPSA) is 24.9 Å². The van der Waals surface area contributed by atoms with Crippen molar-refractivity contribution in [2.75, 3.05) is 23.7 Å². The summed E-state index contributed by atoms with van der Waals surface area (Å²) in [5, 5.41) is 3.58. The van der Waals surface area contributed by atoms with E-state index in [2.05, 4.69) is 71.3 Å². The van der Waals surface area contributed by atoms with Gasteiger partial charge in [-0.3, -0.25) is 0 Å². The van der Waals surface area contributed by atoms with Gasteiger partial charge in [0.25, 0.3) is 0 Å². The highest BCUT2D eigenvalue weighted by molar-refractivity contribution is 8.32. The Kier molecular flexibility index (Phi) is 3.68. The molecule has 3 aromatic rings. The van der Waals surface area contributed by atoms with Crippen molar-refractivity contribution in [3.05, 3.63) is 54.0 Å². The van der Waals surface area contributed by atoms with Crippen LogP contribution in [0.4, 0.5) is 5.69 Å². The van der Waals surface area contributed by atoms with Crippen LogP contribution in [0.3, 0.4) is 0 Å². The Morgan fingerprint density at radius 2 is 1.90 bits per heavy atom. The standard InChI is InChI=1S/C16H18N2S2/c1-20(2,14-6-4-3-5-7-14)12-18-13-8-9-15-16(10-13)19-11-17-15/h3-11,18H,12H2,1-2H3. The summed E-state index contributed by atoms with van der Waals surface area (Å²) in [5.74, 6) is 0.987. The van der Waals surface area contributed by atoms with Crippen LogP contribution < -0.4 is 5.32 Å². The molecule has 0 saturated carbocycles. The highest BCUT2D eigenvalue weighted by Gasteiger charge is 2.14. The fourth-order valence-electron chi connectivity index (χ4n) is 2.10. The van der Waals surface area contributed by atoms with Gasteiger partial charge in [-0.05, 0) is 35.6 Å². The number of nitrogens with zero attached hydrogens (tertiary/aromatic N) is 1. The largest absolute Gasteiger partial charge is 0.377 e. The van der Waals surface area contributed by atoms with Gasteiger partial charge in [-0.2, -0.15) is 0 Å². The maximum atomic E-state index is 4.31. The van der Waals surface area contributed by atoms with E-state index in [1.807, 2.05) is 5.51 Å². The van der Waals surface area contributed by atoms with Crippen molar-refractivity contribution in [3.8, 4) is 0 Å². The normalized spacial score (nSPS) is 12.5. The van der Waals surface area contributed by atoms with Gasteiger partial charge in [0, 0.05) is 11.6 Å². The second kappa shape index (κ2) is 5.46. The van der Waals surface area contributed by atoms with Crippen LogP contribution in [0.1, 0.15) is 0 Å². The summed E-state index contributed by atoms with van der Waals surface area (Å²) in [6, 6.07) is 17.1. The molecule has 20 heavy (non-hydrogen) atoms. The molecule has 0 amide bonds. The molecular weight excluding hydrogens is 284 g/mol. The van der Waals surface area contributed by atoms with Crippen LogP contribution in [0.5, 0.6) is 0 Å². The molecule has 0 bridgehead atoms. The highest BCUT2D eigenvalue weighted by atomic mass is 32.3. The maximum absolute atomic E-state index is 4.31. The van der Waals surface area contributed by atoms with Crippen molar-refractivity contribution in [1.29, 1.82) is 0 Å². The van der Waals surface area contributed by atoms with Gasteiger partial charge in [-0.25, -0.2) is 15.0 Å². The van der Waals surface area contributed by atoms with E-state index in [1.165, 1.54) is 15.3 Å². The van der Waals surface area contributed by atoms with Gasteiger partial charge in [0.15, 0.2) is 0 Å². The Balaban J connectivity index is 1.75. The Morgan fingerprint density at radius 3 is 2.70 bits per heavy atom. The van der Waals surface area contributed by atoms with Gasteiger partial charge in [0.2, 0.25) is 0 Å². The quantitative estimate of drug-likeness (QED) is 0.749. The Morgan fingerprint density at radius 1 is 1.10 bits per heavy atom. The lowest BCUT2D eigenvalue weighted by atomic mass is 10.3. The average Bonchev–Trinajstić information content (AvgIpc) is 2.94. The van der Waals surface area contributed by atoms with Crippen molar-refractivity contribution >= 4 is 37.3 Å². The molecule has 1 heterocycles. The summed E-state index contributed by atoms with van der Waals surface area (Å²) in [4.78, 5) is 5.75. The fraction of sp³-hybridized carbons (Fsp3) is 0.188. The number of rotatable bonds is 4. The van der Waals surface area contributed by atoms with Gasteiger partial charge >= 0.3 is 0 Å². The summed E-state index contributed by atoms with van der Waals surface area (Å²) >= 11 is 1.69. The third-order valence-corrected chi connectivity index (χ3v) is 6.56. The molecule has 0 saturated heterocycles. The molecule has 0 radical (unpaired) electrons. The minimum atomic E-state index is -0.822. The lowest BCUT2D eigenvalue weighted by Crippen LogP contribution is -2.10. The van der Waals surface area contributed by atoms with Crippen LogP contribution in [-0.4, -0.2) is 23.4 Å². The van der Waals surface area contributed by atoms with Crippen LogP contribution in [0, 0.1) is 0 Å². The molecule has 0 fully saturated rings. The third-order valence-electron chi connectivity index (χ3n) is 3.35. The number of nitrogens with one attached hydrogen (secondary N) is 1. The average molecular weight is 302 g/mol. The van der Waals surface area contributed by atoms with E-state index < -0.39 is 10.0 Å². The summed E-state index contributed by atoms with van der Waals surface area (Å²) in [7, 11) is -0.822. The molecule has 0 spiro atoms. The lowest BCUT2D eigenvalue weighted by molar-refractivity contribution is 1.37. The van der Waals surface area contributed by atoms with E-state index in [0.29, 0.717) is 0 Å². The smallest absolute Gasteiger partial charge is 0.0813 e. The lowest BCUT2D eigenvalue weighted by Gasteiger charge is -2.32. The zero-order chi connectivity index (χ0) is 14.0. The van der Waals surface area contributed by atoms with Gasteiger partial charge in [-0.15, -0.1) is 11.3 Å². The number of aromatic nitrogens is 1. The monoisotopic (exact) mass is 302 g/mol. The molecule has 4 heteroatoms. The molecule has 0 atom stereocenters. The molecule has 0 aliphatic heterocycles. The highest BCUT2D eigenvalue weighted by Crippen LogP contribution is 2.48. The summed E-state index contributed by atoms with van der Waals surface area (Å²) in [6.45, 7) is 0. The van der Waals surface area contributed by atoms with E-state index in [1.54, 1.807) is 11.3 Å². The molecule has 1 N–H and O–H groups in total. The molecule has 1 aromatic heterocycles. The van der Waals surface area contributed by atoms with Gasteiger partial charge in [0.05, 0.1) is 15.7 Å². The van der Waals surface area contributed by atoms with E-state index >= 15 is 0 Å². The van der Waals surface area contributed by atoms with Crippen LogP contribution in [0.25, 0.3) is 10.2 Å². The van der Waals surface area contributed by atoms with Crippen molar-refractivity contribution in [1.82, 2.24) is 4.98 Å². The maximum Gasteiger partial charge on any atom is 0.0813 e. The first-order valence-electron chi connectivity index (χ1n) is 6.48. The minimum Gasteiger partial charge on any atom is -0.377 e.